The van der Waals surface area contributed by atoms with Crippen molar-refractivity contribution in [1.82, 2.24) is 0 Å². The second-order valence-electron chi connectivity index (χ2n) is 9.42. The van der Waals surface area contributed by atoms with Crippen LogP contribution in [-0.2, 0) is 16.0 Å². The van der Waals surface area contributed by atoms with Crippen LogP contribution in [0.25, 0.3) is 0 Å². The number of carbonyl (C=O) groups is 1. The van der Waals surface area contributed by atoms with Crippen LogP contribution in [0.4, 0.5) is 5.69 Å². The molecule has 3 aromatic carbocycles. The second kappa shape index (κ2) is 13.3. The number of unbranched alkanes of at least 4 members (excludes halogenated alkanes) is 1. The van der Waals surface area contributed by atoms with Gasteiger partial charge in [-0.1, -0.05) is 61.3 Å². The van der Waals surface area contributed by atoms with Crippen LogP contribution < -0.4 is 10.5 Å². The number of halogens is 1. The minimum absolute atomic E-state index is 0.222. The largest absolute Gasteiger partial charge is 0.494 e. The summed E-state index contributed by atoms with van der Waals surface area (Å²) in [6.45, 7) is 2.86. The molecule has 37 heavy (non-hydrogen) atoms. The van der Waals surface area contributed by atoms with Crippen molar-refractivity contribution in [3.8, 4) is 5.75 Å². The molecule has 4 rings (SSSR count). The molecule has 5 nitrogen and oxygen atoms in total. The highest BCUT2D eigenvalue weighted by atomic mass is 35.5. The lowest BCUT2D eigenvalue weighted by molar-refractivity contribution is -0.146. The standard InChI is InChI=1S/C30H34ClNO4S/c1-2-3-14-35-23-11-8-20(9-12-23)15-22-16-21(10-13-26(22)31)30-25(18-33)28(34)17-24(36-30)19-37-29-7-5-4-6-27(29)32/h4-13,16,18,24-25,28,30,34H,2-3,14-15,17,19,32H2,1H3. The number of anilines is 1. The van der Waals surface area contributed by atoms with Crippen molar-refractivity contribution >= 4 is 35.3 Å². The van der Waals surface area contributed by atoms with Gasteiger partial charge >= 0.3 is 0 Å². The van der Waals surface area contributed by atoms with E-state index in [0.29, 0.717) is 35.9 Å². The van der Waals surface area contributed by atoms with E-state index in [4.69, 9.17) is 26.8 Å². The van der Waals surface area contributed by atoms with Gasteiger partial charge in [0.15, 0.2) is 0 Å². The molecule has 0 aliphatic carbocycles. The Kier molecular flexibility index (Phi) is 9.92. The predicted molar refractivity (Wildman–Crippen MR) is 150 cm³/mol. The predicted octanol–water partition coefficient (Wildman–Crippen LogP) is 6.49. The number of hydrogen-bond donors (Lipinski definition) is 2. The first-order valence-electron chi connectivity index (χ1n) is 12.7. The van der Waals surface area contributed by atoms with Crippen LogP contribution in [0.15, 0.2) is 71.6 Å². The zero-order valence-corrected chi connectivity index (χ0v) is 22.6. The van der Waals surface area contributed by atoms with Gasteiger partial charge in [-0.3, -0.25) is 0 Å². The van der Waals surface area contributed by atoms with E-state index < -0.39 is 18.1 Å². The third kappa shape index (κ3) is 7.29. The molecule has 1 fully saturated rings. The van der Waals surface area contributed by atoms with Crippen molar-refractivity contribution in [3.05, 3.63) is 88.4 Å². The molecule has 0 saturated carbocycles. The maximum atomic E-state index is 12.0. The van der Waals surface area contributed by atoms with E-state index in [1.165, 1.54) is 0 Å². The fraction of sp³-hybridized carbons (Fsp3) is 0.367. The van der Waals surface area contributed by atoms with Gasteiger partial charge in [0.25, 0.3) is 0 Å². The minimum Gasteiger partial charge on any atom is -0.494 e. The van der Waals surface area contributed by atoms with E-state index in [-0.39, 0.29) is 6.10 Å². The summed E-state index contributed by atoms with van der Waals surface area (Å²) in [5.74, 6) is 0.841. The van der Waals surface area contributed by atoms with Crippen molar-refractivity contribution in [3.63, 3.8) is 0 Å². The number of aliphatic hydroxyl groups excluding tert-OH is 1. The van der Waals surface area contributed by atoms with Crippen molar-refractivity contribution in [2.45, 2.75) is 55.8 Å². The van der Waals surface area contributed by atoms with Gasteiger partial charge in [0.05, 0.1) is 30.8 Å². The average molecular weight is 540 g/mol. The Balaban J connectivity index is 1.48. The highest BCUT2D eigenvalue weighted by Gasteiger charge is 2.38. The first-order chi connectivity index (χ1) is 18.0. The Morgan fingerprint density at radius 3 is 2.68 bits per heavy atom. The number of nitrogen functional groups attached to an aromatic ring is 1. The van der Waals surface area contributed by atoms with Gasteiger partial charge in [0.2, 0.25) is 0 Å². The van der Waals surface area contributed by atoms with Crippen LogP contribution in [0.5, 0.6) is 5.75 Å². The number of nitrogens with two attached hydrogens (primary N) is 1. The quantitative estimate of drug-likeness (QED) is 0.125. The van der Waals surface area contributed by atoms with Gasteiger partial charge in [-0.25, -0.2) is 0 Å². The summed E-state index contributed by atoms with van der Waals surface area (Å²) in [5.41, 5.74) is 9.68. The zero-order valence-electron chi connectivity index (χ0n) is 21.0. The number of benzene rings is 3. The Morgan fingerprint density at radius 1 is 1.16 bits per heavy atom. The molecule has 3 aromatic rings. The summed E-state index contributed by atoms with van der Waals surface area (Å²) in [7, 11) is 0. The van der Waals surface area contributed by atoms with E-state index in [1.807, 2.05) is 66.7 Å². The van der Waals surface area contributed by atoms with Crippen LogP contribution in [0.2, 0.25) is 5.02 Å². The lowest BCUT2D eigenvalue weighted by Gasteiger charge is -2.38. The van der Waals surface area contributed by atoms with Crippen LogP contribution in [0, 0.1) is 5.92 Å². The van der Waals surface area contributed by atoms with E-state index in [0.717, 1.165) is 46.5 Å². The normalized spacial score (nSPS) is 21.5. The Bertz CT molecular complexity index is 1170. The van der Waals surface area contributed by atoms with Gasteiger partial charge in [-0.15, -0.1) is 11.8 Å². The molecule has 1 heterocycles. The van der Waals surface area contributed by atoms with E-state index in [9.17, 15) is 9.90 Å². The number of aldehydes is 1. The first-order valence-corrected chi connectivity index (χ1v) is 14.1. The summed E-state index contributed by atoms with van der Waals surface area (Å²) >= 11 is 8.16. The van der Waals surface area contributed by atoms with Crippen LogP contribution in [0.1, 0.15) is 49.0 Å². The molecule has 3 N–H and O–H groups in total. The lowest BCUT2D eigenvalue weighted by atomic mass is 9.85. The fourth-order valence-electron chi connectivity index (χ4n) is 4.51. The van der Waals surface area contributed by atoms with Gasteiger partial charge < -0.3 is 25.1 Å². The number of para-hydroxylation sites is 1. The Labute approximate surface area is 228 Å². The van der Waals surface area contributed by atoms with Gasteiger partial charge in [-0.2, -0.15) is 0 Å². The molecule has 0 amide bonds. The second-order valence-corrected chi connectivity index (χ2v) is 10.9. The molecule has 0 aromatic heterocycles. The molecule has 7 heteroatoms. The van der Waals surface area contributed by atoms with E-state index in [2.05, 4.69) is 6.92 Å². The number of aliphatic hydroxyl groups is 1. The molecule has 0 spiro atoms. The monoisotopic (exact) mass is 539 g/mol. The highest BCUT2D eigenvalue weighted by Crippen LogP contribution is 2.39. The lowest BCUT2D eigenvalue weighted by Crippen LogP contribution is -2.41. The van der Waals surface area contributed by atoms with Gasteiger partial charge in [0.1, 0.15) is 12.0 Å². The molecular weight excluding hydrogens is 506 g/mol. The number of carbonyl (C=O) groups excluding carboxylic acids is 1. The first kappa shape index (κ1) is 27.5. The summed E-state index contributed by atoms with van der Waals surface area (Å²) in [5, 5.41) is 11.5. The van der Waals surface area contributed by atoms with Gasteiger partial charge in [-0.05, 0) is 59.9 Å². The minimum atomic E-state index is -0.783. The maximum Gasteiger partial charge on any atom is 0.128 e. The number of ether oxygens (including phenoxy) is 2. The van der Waals surface area contributed by atoms with Crippen molar-refractivity contribution in [1.29, 1.82) is 0 Å². The molecule has 1 aliphatic rings. The fourth-order valence-corrected chi connectivity index (χ4v) is 5.69. The summed E-state index contributed by atoms with van der Waals surface area (Å²) in [6.07, 6.45) is 2.41. The number of thioether (sulfide) groups is 1. The smallest absolute Gasteiger partial charge is 0.128 e. The molecule has 0 bridgehead atoms. The molecule has 1 aliphatic heterocycles. The third-order valence-electron chi connectivity index (χ3n) is 6.62. The van der Waals surface area contributed by atoms with E-state index >= 15 is 0 Å². The molecule has 196 valence electrons. The topological polar surface area (TPSA) is 81.8 Å². The molecule has 4 atom stereocenters. The highest BCUT2D eigenvalue weighted by molar-refractivity contribution is 7.99. The maximum absolute atomic E-state index is 12.0. The van der Waals surface area contributed by atoms with Crippen molar-refractivity contribution in [2.75, 3.05) is 18.1 Å². The van der Waals surface area contributed by atoms with Gasteiger partial charge in [0, 0.05) is 27.8 Å². The molecular formula is C30H34ClNO4S. The molecule has 0 radical (unpaired) electrons. The SMILES string of the molecule is CCCCOc1ccc(Cc2cc(C3OC(CSc4ccccc4N)CC(O)C3C=O)ccc2Cl)cc1. The number of hydrogen-bond acceptors (Lipinski definition) is 6. The van der Waals surface area contributed by atoms with Crippen LogP contribution >= 0.6 is 23.4 Å². The zero-order chi connectivity index (χ0) is 26.2. The number of rotatable bonds is 11. The van der Waals surface area contributed by atoms with Crippen LogP contribution in [-0.4, -0.2) is 36.0 Å². The van der Waals surface area contributed by atoms with Crippen molar-refractivity contribution < 1.29 is 19.4 Å². The Morgan fingerprint density at radius 2 is 1.95 bits per heavy atom. The van der Waals surface area contributed by atoms with Crippen molar-refractivity contribution in [2.24, 2.45) is 5.92 Å². The third-order valence-corrected chi connectivity index (χ3v) is 8.21. The summed E-state index contributed by atoms with van der Waals surface area (Å²) in [6, 6.07) is 21.5. The van der Waals surface area contributed by atoms with Crippen LogP contribution in [0.3, 0.4) is 0 Å². The Hall–Kier alpha value is -2.51. The average Bonchev–Trinajstić information content (AvgIpc) is 2.90. The summed E-state index contributed by atoms with van der Waals surface area (Å²) in [4.78, 5) is 12.9. The summed E-state index contributed by atoms with van der Waals surface area (Å²) < 4.78 is 12.2. The van der Waals surface area contributed by atoms with E-state index in [1.54, 1.807) is 11.8 Å². The molecule has 1 saturated heterocycles. The molecule has 4 unspecified atom stereocenters.